The fourth-order valence-electron chi connectivity index (χ4n) is 3.97. The molecule has 0 aliphatic carbocycles. The molecule has 1 N–H and O–H groups in total. The van der Waals surface area contributed by atoms with Crippen molar-refractivity contribution in [2.24, 2.45) is 7.05 Å². The van der Waals surface area contributed by atoms with Gasteiger partial charge in [0, 0.05) is 37.9 Å². The third kappa shape index (κ3) is 5.08. The summed E-state index contributed by atoms with van der Waals surface area (Å²) in [5.41, 5.74) is 2.19. The molecule has 0 unspecified atom stereocenters. The highest BCUT2D eigenvalue weighted by Gasteiger charge is 2.32. The fraction of sp³-hybridized carbons (Fsp3) is 0.348. The summed E-state index contributed by atoms with van der Waals surface area (Å²) in [6.45, 7) is 5.41. The number of hydrogen-bond donors (Lipinski definition) is 1. The van der Waals surface area contributed by atoms with Gasteiger partial charge in [-0.3, -0.25) is 9.58 Å². The number of nitrogens with one attached hydrogen (secondary N) is 1. The average molecular weight is 474 g/mol. The number of nitrogens with zero attached hydrogens (tertiary/aromatic N) is 5. The Kier molecular flexibility index (Phi) is 6.36. The predicted octanol–water partition coefficient (Wildman–Crippen LogP) is 5.04. The maximum absolute atomic E-state index is 13.3. The minimum Gasteiger partial charge on any atom is -0.406 e. The number of aromatic nitrogens is 3. The lowest BCUT2D eigenvalue weighted by atomic mass is 10.1. The molecule has 3 heterocycles. The molecule has 2 aromatic heterocycles. The van der Waals surface area contributed by atoms with Crippen molar-refractivity contribution in [2.45, 2.75) is 32.7 Å². The molecule has 4 rings (SSSR count). The summed E-state index contributed by atoms with van der Waals surface area (Å²) < 4.78 is 43.7. The van der Waals surface area contributed by atoms with Crippen molar-refractivity contribution in [2.75, 3.05) is 28.2 Å². The number of hydrogen-bond acceptors (Lipinski definition) is 5. The van der Waals surface area contributed by atoms with Gasteiger partial charge in [0.15, 0.2) is 5.82 Å². The quantitative estimate of drug-likeness (QED) is 0.574. The second kappa shape index (κ2) is 9.24. The van der Waals surface area contributed by atoms with Gasteiger partial charge in [-0.05, 0) is 44.5 Å². The number of carbonyl (C=O) groups excluding carboxylic acids is 1. The zero-order valence-electron chi connectivity index (χ0n) is 19.0. The molecule has 1 atom stereocenters. The minimum absolute atomic E-state index is 0.172. The zero-order valence-corrected chi connectivity index (χ0v) is 19.0. The lowest BCUT2D eigenvalue weighted by Gasteiger charge is -2.28. The summed E-state index contributed by atoms with van der Waals surface area (Å²) in [7, 11) is 1.75. The van der Waals surface area contributed by atoms with E-state index in [1.54, 1.807) is 41.2 Å². The van der Waals surface area contributed by atoms with Crippen molar-refractivity contribution < 1.29 is 22.7 Å². The summed E-state index contributed by atoms with van der Waals surface area (Å²) in [6.07, 6.45) is -0.835. The van der Waals surface area contributed by atoms with Crippen molar-refractivity contribution in [3.8, 4) is 17.0 Å². The lowest BCUT2D eigenvalue weighted by Crippen LogP contribution is -2.42. The van der Waals surface area contributed by atoms with E-state index in [-0.39, 0.29) is 17.8 Å². The molecule has 1 aliphatic rings. The molecule has 0 saturated carbocycles. The first-order chi connectivity index (χ1) is 16.1. The normalized spacial score (nSPS) is 16.1. The van der Waals surface area contributed by atoms with Crippen LogP contribution in [-0.4, -0.2) is 46.3 Å². The van der Waals surface area contributed by atoms with Gasteiger partial charge in [-0.1, -0.05) is 12.1 Å². The highest BCUT2D eigenvalue weighted by atomic mass is 19.4. The molecule has 1 aliphatic heterocycles. The van der Waals surface area contributed by atoms with Gasteiger partial charge in [-0.2, -0.15) is 5.10 Å². The molecule has 2 amide bonds. The smallest absolute Gasteiger partial charge is 0.406 e. The Morgan fingerprint density at radius 3 is 2.74 bits per heavy atom. The number of pyridine rings is 1. The molecular weight excluding hydrogens is 449 g/mol. The van der Waals surface area contributed by atoms with E-state index in [0.717, 1.165) is 18.7 Å². The van der Waals surface area contributed by atoms with E-state index in [1.165, 1.54) is 18.2 Å². The lowest BCUT2D eigenvalue weighted by molar-refractivity contribution is -0.274. The molecular formula is C23H25F3N6O2. The number of rotatable bonds is 4. The van der Waals surface area contributed by atoms with Crippen LogP contribution in [0, 0.1) is 0 Å². The van der Waals surface area contributed by atoms with Gasteiger partial charge in [0.25, 0.3) is 0 Å². The molecule has 0 fully saturated rings. The van der Waals surface area contributed by atoms with Gasteiger partial charge < -0.3 is 15.0 Å². The van der Waals surface area contributed by atoms with Crippen LogP contribution in [0.4, 0.5) is 35.2 Å². The van der Waals surface area contributed by atoms with Crippen molar-refractivity contribution >= 4 is 23.2 Å². The first-order valence-corrected chi connectivity index (χ1v) is 10.9. The molecule has 1 aromatic carbocycles. The van der Waals surface area contributed by atoms with Crippen molar-refractivity contribution in [1.82, 2.24) is 14.8 Å². The minimum atomic E-state index is -4.79. The first kappa shape index (κ1) is 23.4. The van der Waals surface area contributed by atoms with E-state index in [9.17, 15) is 18.0 Å². The van der Waals surface area contributed by atoms with E-state index >= 15 is 0 Å². The van der Waals surface area contributed by atoms with Crippen molar-refractivity contribution in [1.29, 1.82) is 0 Å². The number of urea groups is 1. The van der Waals surface area contributed by atoms with Gasteiger partial charge in [0.2, 0.25) is 0 Å². The number of benzene rings is 1. The summed E-state index contributed by atoms with van der Waals surface area (Å²) in [6, 6.07) is 8.68. The monoisotopic (exact) mass is 474 g/mol. The highest BCUT2D eigenvalue weighted by Crippen LogP contribution is 2.36. The zero-order chi connectivity index (χ0) is 24.5. The molecule has 0 radical (unpaired) electrons. The molecule has 8 nitrogen and oxygen atoms in total. The second-order valence-electron chi connectivity index (χ2n) is 8.04. The third-order valence-corrected chi connectivity index (χ3v) is 5.60. The second-order valence-corrected chi connectivity index (χ2v) is 8.04. The molecule has 0 spiro atoms. The Balaban J connectivity index is 1.75. The van der Waals surface area contributed by atoms with Crippen LogP contribution in [0.15, 0.2) is 48.8 Å². The van der Waals surface area contributed by atoms with Crippen LogP contribution in [0.2, 0.25) is 0 Å². The molecule has 0 saturated heterocycles. The molecule has 3 aromatic rings. The fourth-order valence-corrected chi connectivity index (χ4v) is 3.97. The molecule has 180 valence electrons. The number of amides is 2. The number of aryl methyl sites for hydroxylation is 1. The Bertz CT molecular complexity index is 1180. The number of ether oxygens (including phenoxy) is 1. The SMILES string of the molecule is CCN1CC[C@@H](C)N(C(=O)Nc2cnn(C)c2)c2nc(-c3cccc(OC(F)(F)F)c3)ccc21. The van der Waals surface area contributed by atoms with E-state index in [0.29, 0.717) is 29.3 Å². The van der Waals surface area contributed by atoms with Crippen LogP contribution in [0.25, 0.3) is 11.3 Å². The van der Waals surface area contributed by atoms with Crippen LogP contribution < -0.4 is 19.9 Å². The van der Waals surface area contributed by atoms with Crippen molar-refractivity contribution in [3.05, 3.63) is 48.8 Å². The maximum atomic E-state index is 13.3. The highest BCUT2D eigenvalue weighted by molar-refractivity contribution is 6.03. The van der Waals surface area contributed by atoms with Gasteiger partial charge in [-0.15, -0.1) is 13.2 Å². The number of anilines is 3. The van der Waals surface area contributed by atoms with E-state index in [4.69, 9.17) is 4.98 Å². The standard InChI is InChI=1S/C23H25F3N6O2/c1-4-31-11-10-15(2)32(22(33)28-17-13-27-30(3)14-17)21-20(31)9-8-19(29-21)16-6-5-7-18(12-16)34-23(24,25)26/h5-9,12-15H,4,10-11H2,1-3H3,(H,28,33)/t15-/m1/s1. The van der Waals surface area contributed by atoms with Crippen molar-refractivity contribution in [3.63, 3.8) is 0 Å². The number of halogens is 3. The van der Waals surface area contributed by atoms with Crippen LogP contribution >= 0.6 is 0 Å². The number of fused-ring (bicyclic) bond motifs is 1. The van der Waals surface area contributed by atoms with Gasteiger partial charge in [0.1, 0.15) is 5.75 Å². The molecule has 34 heavy (non-hydrogen) atoms. The summed E-state index contributed by atoms with van der Waals surface area (Å²) >= 11 is 0. The Morgan fingerprint density at radius 1 is 1.26 bits per heavy atom. The van der Waals surface area contributed by atoms with E-state index in [1.807, 2.05) is 19.9 Å². The maximum Gasteiger partial charge on any atom is 0.573 e. The van der Waals surface area contributed by atoms with Gasteiger partial charge in [-0.25, -0.2) is 9.78 Å². The third-order valence-electron chi connectivity index (χ3n) is 5.60. The average Bonchev–Trinajstić information content (AvgIpc) is 3.11. The summed E-state index contributed by atoms with van der Waals surface area (Å²) in [4.78, 5) is 21.8. The molecule has 0 bridgehead atoms. The van der Waals surface area contributed by atoms with Gasteiger partial charge >= 0.3 is 12.4 Å². The Morgan fingerprint density at radius 2 is 2.06 bits per heavy atom. The van der Waals surface area contributed by atoms with Crippen LogP contribution in [0.1, 0.15) is 20.3 Å². The van der Waals surface area contributed by atoms with Crippen LogP contribution in [0.5, 0.6) is 5.75 Å². The van der Waals surface area contributed by atoms with E-state index < -0.39 is 6.36 Å². The molecule has 11 heteroatoms. The summed E-state index contributed by atoms with van der Waals surface area (Å²) in [5, 5.41) is 6.94. The predicted molar refractivity (Wildman–Crippen MR) is 123 cm³/mol. The first-order valence-electron chi connectivity index (χ1n) is 10.9. The number of carbonyl (C=O) groups is 1. The van der Waals surface area contributed by atoms with Crippen LogP contribution in [-0.2, 0) is 7.05 Å². The van der Waals surface area contributed by atoms with E-state index in [2.05, 4.69) is 20.1 Å². The van der Waals surface area contributed by atoms with Crippen LogP contribution in [0.3, 0.4) is 0 Å². The number of alkyl halides is 3. The topological polar surface area (TPSA) is 75.5 Å². The Labute approximate surface area is 194 Å². The Hall–Kier alpha value is -3.76. The summed E-state index contributed by atoms with van der Waals surface area (Å²) in [5.74, 6) is 0.101. The van der Waals surface area contributed by atoms with Gasteiger partial charge in [0.05, 0.1) is 23.3 Å². The largest absolute Gasteiger partial charge is 0.573 e.